The van der Waals surface area contributed by atoms with Crippen molar-refractivity contribution < 1.29 is 4.74 Å². The number of nitrogens with one attached hydrogen (secondary N) is 2. The van der Waals surface area contributed by atoms with Crippen LogP contribution in [0.15, 0.2) is 6.07 Å². The maximum absolute atomic E-state index is 5.55. The normalized spacial score (nSPS) is 22.9. The molecule has 4 rings (SSSR count). The van der Waals surface area contributed by atoms with Gasteiger partial charge in [0.1, 0.15) is 11.6 Å². The van der Waals surface area contributed by atoms with Crippen molar-refractivity contribution in [2.75, 3.05) is 74.1 Å². The second-order valence-electron chi connectivity index (χ2n) is 8.83. The summed E-state index contributed by atoms with van der Waals surface area (Å²) in [6, 6.07) is 2.68. The highest BCUT2D eigenvalue weighted by Gasteiger charge is 2.23. The van der Waals surface area contributed by atoms with E-state index in [9.17, 15) is 0 Å². The summed E-state index contributed by atoms with van der Waals surface area (Å²) >= 11 is 5.55. The fourth-order valence-electron chi connectivity index (χ4n) is 4.65. The molecule has 3 saturated heterocycles. The van der Waals surface area contributed by atoms with Crippen LogP contribution < -0.4 is 20.4 Å². The predicted octanol–water partition coefficient (Wildman–Crippen LogP) is 2.46. The van der Waals surface area contributed by atoms with Gasteiger partial charge in [0.15, 0.2) is 5.11 Å². The summed E-state index contributed by atoms with van der Waals surface area (Å²) in [5.74, 6) is 2.63. The number of rotatable bonds is 6. The molecule has 9 heteroatoms. The number of aromatic nitrogens is 2. The Morgan fingerprint density at radius 1 is 1.03 bits per heavy atom. The molecule has 1 atom stereocenters. The minimum absolute atomic E-state index is 0.504. The third kappa shape index (κ3) is 6.40. The molecule has 3 fully saturated rings. The highest BCUT2D eigenvalue weighted by molar-refractivity contribution is 7.80. The summed E-state index contributed by atoms with van der Waals surface area (Å²) in [4.78, 5) is 16.9. The van der Waals surface area contributed by atoms with Crippen molar-refractivity contribution in [1.29, 1.82) is 0 Å². The van der Waals surface area contributed by atoms with E-state index >= 15 is 0 Å². The van der Waals surface area contributed by atoms with E-state index in [1.54, 1.807) is 0 Å². The molecule has 1 aromatic heterocycles. The van der Waals surface area contributed by atoms with Crippen molar-refractivity contribution in [3.05, 3.63) is 6.07 Å². The van der Waals surface area contributed by atoms with Gasteiger partial charge in [-0.25, -0.2) is 0 Å². The smallest absolute Gasteiger partial charge is 0.232 e. The number of hydrogen-bond donors (Lipinski definition) is 2. The Hall–Kier alpha value is -1.71. The SMILES string of the molecule is C[C@@H]1CCCCN1c1cc(N2CCCCC2)nc(NC(=S)NCCN2CCOCC2)n1. The van der Waals surface area contributed by atoms with Crippen molar-refractivity contribution in [2.24, 2.45) is 0 Å². The van der Waals surface area contributed by atoms with Crippen molar-refractivity contribution in [3.8, 4) is 0 Å². The predicted molar refractivity (Wildman–Crippen MR) is 130 cm³/mol. The fourth-order valence-corrected chi connectivity index (χ4v) is 4.84. The van der Waals surface area contributed by atoms with E-state index < -0.39 is 0 Å². The standard InChI is InChI=1S/C22H37N7OS/c1-18-7-3-6-11-29(18)20-17-19(28-9-4-2-5-10-28)24-21(25-20)26-22(31)23-8-12-27-13-15-30-16-14-27/h17-18H,2-16H2,1H3,(H2,23,24,25,26,31)/t18-/m1/s1. The Morgan fingerprint density at radius 2 is 1.77 bits per heavy atom. The van der Waals surface area contributed by atoms with Crippen LogP contribution in [0.4, 0.5) is 17.6 Å². The lowest BCUT2D eigenvalue weighted by atomic mass is 10.0. The summed E-state index contributed by atoms with van der Waals surface area (Å²) in [6.07, 6.45) is 7.49. The lowest BCUT2D eigenvalue weighted by molar-refractivity contribution is 0.0389. The molecule has 31 heavy (non-hydrogen) atoms. The van der Waals surface area contributed by atoms with Gasteiger partial charge in [-0.15, -0.1) is 0 Å². The van der Waals surface area contributed by atoms with Crippen LogP contribution in [-0.4, -0.2) is 85.0 Å². The molecule has 3 aliphatic rings. The van der Waals surface area contributed by atoms with Gasteiger partial charge in [-0.3, -0.25) is 4.90 Å². The number of hydrogen-bond acceptors (Lipinski definition) is 7. The fraction of sp³-hybridized carbons (Fsp3) is 0.773. The van der Waals surface area contributed by atoms with Crippen LogP contribution in [0.1, 0.15) is 45.4 Å². The highest BCUT2D eigenvalue weighted by Crippen LogP contribution is 2.28. The molecular formula is C22H37N7OS. The molecule has 0 radical (unpaired) electrons. The van der Waals surface area contributed by atoms with E-state index in [2.05, 4.69) is 38.3 Å². The number of thiocarbonyl (C=S) groups is 1. The molecule has 0 bridgehead atoms. The van der Waals surface area contributed by atoms with Gasteiger partial charge in [-0.05, 0) is 57.7 Å². The highest BCUT2D eigenvalue weighted by atomic mass is 32.1. The van der Waals surface area contributed by atoms with E-state index in [0.717, 1.165) is 70.7 Å². The maximum Gasteiger partial charge on any atom is 0.232 e. The Balaban J connectivity index is 1.42. The van der Waals surface area contributed by atoms with Crippen LogP contribution in [0.2, 0.25) is 0 Å². The molecule has 2 N–H and O–H groups in total. The van der Waals surface area contributed by atoms with Crippen LogP contribution >= 0.6 is 12.2 Å². The summed E-state index contributed by atoms with van der Waals surface area (Å²) in [7, 11) is 0. The Labute approximate surface area is 191 Å². The quantitative estimate of drug-likeness (QED) is 0.640. The number of nitrogens with zero attached hydrogens (tertiary/aromatic N) is 5. The minimum atomic E-state index is 0.504. The first-order chi connectivity index (χ1) is 15.2. The second kappa shape index (κ2) is 11.2. The van der Waals surface area contributed by atoms with Crippen molar-refractivity contribution in [1.82, 2.24) is 20.2 Å². The summed E-state index contributed by atoms with van der Waals surface area (Å²) in [5, 5.41) is 7.16. The van der Waals surface area contributed by atoms with Gasteiger partial charge >= 0.3 is 0 Å². The van der Waals surface area contributed by atoms with Crippen molar-refractivity contribution >= 4 is 34.9 Å². The zero-order chi connectivity index (χ0) is 21.5. The first-order valence-electron chi connectivity index (χ1n) is 11.9. The van der Waals surface area contributed by atoms with Crippen molar-refractivity contribution in [2.45, 2.75) is 51.5 Å². The Morgan fingerprint density at radius 3 is 2.55 bits per heavy atom. The topological polar surface area (TPSA) is 68.8 Å². The van der Waals surface area contributed by atoms with Gasteiger partial charge < -0.3 is 25.2 Å². The third-order valence-corrected chi connectivity index (χ3v) is 6.77. The average molecular weight is 448 g/mol. The van der Waals surface area contributed by atoms with Gasteiger partial charge in [0.05, 0.1) is 13.2 Å². The first kappa shape index (κ1) is 22.5. The number of anilines is 3. The van der Waals surface area contributed by atoms with Crippen LogP contribution in [-0.2, 0) is 4.74 Å². The van der Waals surface area contributed by atoms with Gasteiger partial charge in [0.2, 0.25) is 5.95 Å². The van der Waals surface area contributed by atoms with Crippen LogP contribution in [0.3, 0.4) is 0 Å². The van der Waals surface area contributed by atoms with E-state index in [1.165, 1.54) is 38.5 Å². The van der Waals surface area contributed by atoms with E-state index in [-0.39, 0.29) is 0 Å². The molecule has 0 saturated carbocycles. The number of morpholine rings is 1. The molecule has 8 nitrogen and oxygen atoms in total. The Bertz CT molecular complexity index is 722. The molecule has 0 aromatic carbocycles. The van der Waals surface area contributed by atoms with Gasteiger partial charge in [0, 0.05) is 57.9 Å². The minimum Gasteiger partial charge on any atom is -0.379 e. The zero-order valence-electron chi connectivity index (χ0n) is 18.8. The number of piperidine rings is 2. The zero-order valence-corrected chi connectivity index (χ0v) is 19.6. The average Bonchev–Trinajstić information content (AvgIpc) is 2.80. The van der Waals surface area contributed by atoms with Crippen molar-refractivity contribution in [3.63, 3.8) is 0 Å². The summed E-state index contributed by atoms with van der Waals surface area (Å²) in [6.45, 7) is 10.8. The van der Waals surface area contributed by atoms with Crippen LogP contribution in [0, 0.1) is 0 Å². The molecule has 4 heterocycles. The molecule has 0 amide bonds. The molecular weight excluding hydrogens is 410 g/mol. The van der Waals surface area contributed by atoms with E-state index in [1.807, 2.05) is 0 Å². The monoisotopic (exact) mass is 447 g/mol. The van der Waals surface area contributed by atoms with Crippen LogP contribution in [0.5, 0.6) is 0 Å². The Kier molecular flexibility index (Phi) is 8.15. The second-order valence-corrected chi connectivity index (χ2v) is 9.24. The maximum atomic E-state index is 5.55. The molecule has 0 aliphatic carbocycles. The molecule has 1 aromatic rings. The van der Waals surface area contributed by atoms with Crippen LogP contribution in [0.25, 0.3) is 0 Å². The molecule has 3 aliphatic heterocycles. The van der Waals surface area contributed by atoms with E-state index in [0.29, 0.717) is 17.1 Å². The molecule has 0 spiro atoms. The van der Waals surface area contributed by atoms with Gasteiger partial charge in [-0.2, -0.15) is 9.97 Å². The summed E-state index contributed by atoms with van der Waals surface area (Å²) in [5.41, 5.74) is 0. The molecule has 0 unspecified atom stereocenters. The third-order valence-electron chi connectivity index (χ3n) is 6.52. The largest absolute Gasteiger partial charge is 0.379 e. The first-order valence-corrected chi connectivity index (χ1v) is 12.4. The lowest BCUT2D eigenvalue weighted by Gasteiger charge is -2.35. The van der Waals surface area contributed by atoms with Gasteiger partial charge in [-0.1, -0.05) is 0 Å². The molecule has 172 valence electrons. The van der Waals surface area contributed by atoms with E-state index in [4.69, 9.17) is 26.9 Å². The number of ether oxygens (including phenoxy) is 1. The lowest BCUT2D eigenvalue weighted by Crippen LogP contribution is -2.42. The summed E-state index contributed by atoms with van der Waals surface area (Å²) < 4.78 is 5.41. The van der Waals surface area contributed by atoms with Gasteiger partial charge in [0.25, 0.3) is 0 Å².